The second kappa shape index (κ2) is 9.35. The van der Waals surface area contributed by atoms with E-state index in [1.165, 1.54) is 18.2 Å². The van der Waals surface area contributed by atoms with E-state index in [4.69, 9.17) is 0 Å². The Balaban J connectivity index is 1.78. The zero-order valence-electron chi connectivity index (χ0n) is 16.9. The Bertz CT molecular complexity index is 1170. The second-order valence-corrected chi connectivity index (χ2v) is 7.82. The van der Waals surface area contributed by atoms with E-state index in [0.29, 0.717) is 11.1 Å². The van der Waals surface area contributed by atoms with Crippen LogP contribution in [0.2, 0.25) is 0 Å². The normalized spacial score (nSPS) is 11.3. The molecule has 0 radical (unpaired) electrons. The standard InChI is InChI=1S/C21H17F3N4O3S/c1-12-3-6-14(7-4-12)16-10-18(21(22,23)24)27-20(26-16)32-11-19(29)25-15-8-5-13(2)17(9-15)28(30)31/h3-10H,11H2,1-2H3,(H,25,29). The largest absolute Gasteiger partial charge is 0.433 e. The van der Waals surface area contributed by atoms with Crippen LogP contribution in [0.5, 0.6) is 0 Å². The first-order valence-electron chi connectivity index (χ1n) is 9.24. The van der Waals surface area contributed by atoms with Gasteiger partial charge in [0.1, 0.15) is 5.69 Å². The first-order valence-corrected chi connectivity index (χ1v) is 10.2. The number of nitro groups is 1. The number of rotatable bonds is 6. The third-order valence-electron chi connectivity index (χ3n) is 4.37. The van der Waals surface area contributed by atoms with E-state index in [2.05, 4.69) is 15.3 Å². The highest BCUT2D eigenvalue weighted by molar-refractivity contribution is 7.99. The van der Waals surface area contributed by atoms with Crippen LogP contribution in [0, 0.1) is 24.0 Å². The number of benzene rings is 2. The van der Waals surface area contributed by atoms with Gasteiger partial charge in [-0.25, -0.2) is 9.97 Å². The molecule has 3 rings (SSSR count). The zero-order chi connectivity index (χ0) is 23.5. The minimum absolute atomic E-state index is 0.0874. The summed E-state index contributed by atoms with van der Waals surface area (Å²) in [6.45, 7) is 3.42. The number of carbonyl (C=O) groups excluding carboxylic acids is 1. The number of nitro benzene ring substituents is 1. The van der Waals surface area contributed by atoms with Gasteiger partial charge in [0.15, 0.2) is 5.16 Å². The average Bonchev–Trinajstić information content (AvgIpc) is 2.73. The molecule has 2 aromatic carbocycles. The molecule has 3 aromatic rings. The molecule has 32 heavy (non-hydrogen) atoms. The van der Waals surface area contributed by atoms with E-state index in [9.17, 15) is 28.1 Å². The highest BCUT2D eigenvalue weighted by Gasteiger charge is 2.34. The van der Waals surface area contributed by atoms with Crippen LogP contribution in [-0.4, -0.2) is 26.6 Å². The Hall–Kier alpha value is -3.47. The van der Waals surface area contributed by atoms with E-state index in [1.54, 1.807) is 31.2 Å². The quantitative estimate of drug-likeness (QED) is 0.227. The number of thioether (sulfide) groups is 1. The van der Waals surface area contributed by atoms with Crippen LogP contribution in [0.25, 0.3) is 11.3 Å². The smallest absolute Gasteiger partial charge is 0.325 e. The van der Waals surface area contributed by atoms with Gasteiger partial charge in [0.05, 0.1) is 16.4 Å². The topological polar surface area (TPSA) is 98.0 Å². The van der Waals surface area contributed by atoms with Crippen molar-refractivity contribution in [3.63, 3.8) is 0 Å². The maximum absolute atomic E-state index is 13.3. The van der Waals surface area contributed by atoms with Crippen molar-refractivity contribution in [3.05, 3.63) is 75.5 Å². The molecule has 1 N–H and O–H groups in total. The fourth-order valence-electron chi connectivity index (χ4n) is 2.72. The molecule has 0 aliphatic rings. The molecule has 0 aliphatic heterocycles. The summed E-state index contributed by atoms with van der Waals surface area (Å²) in [5, 5.41) is 13.3. The van der Waals surface area contributed by atoms with E-state index in [-0.39, 0.29) is 28.0 Å². The maximum atomic E-state index is 13.3. The summed E-state index contributed by atoms with van der Waals surface area (Å²) < 4.78 is 39.9. The molecule has 1 aromatic heterocycles. The minimum atomic E-state index is -4.68. The number of alkyl halides is 3. The van der Waals surface area contributed by atoms with Gasteiger partial charge in [0, 0.05) is 22.9 Å². The zero-order valence-corrected chi connectivity index (χ0v) is 17.8. The molecule has 1 heterocycles. The summed E-state index contributed by atoms with van der Waals surface area (Å²) in [7, 11) is 0. The van der Waals surface area contributed by atoms with Crippen molar-refractivity contribution in [1.82, 2.24) is 9.97 Å². The predicted molar refractivity (Wildman–Crippen MR) is 114 cm³/mol. The fraction of sp³-hybridized carbons (Fsp3) is 0.190. The van der Waals surface area contributed by atoms with Crippen molar-refractivity contribution in [1.29, 1.82) is 0 Å². The van der Waals surface area contributed by atoms with E-state index < -0.39 is 22.7 Å². The van der Waals surface area contributed by atoms with Crippen LogP contribution in [0.3, 0.4) is 0 Å². The molecule has 0 aliphatic carbocycles. The third kappa shape index (κ3) is 5.82. The van der Waals surface area contributed by atoms with E-state index >= 15 is 0 Å². The van der Waals surface area contributed by atoms with Crippen molar-refractivity contribution in [2.24, 2.45) is 0 Å². The lowest BCUT2D eigenvalue weighted by molar-refractivity contribution is -0.385. The Morgan fingerprint density at radius 1 is 1.09 bits per heavy atom. The van der Waals surface area contributed by atoms with E-state index in [0.717, 1.165) is 23.4 Å². The number of hydrogen-bond donors (Lipinski definition) is 1. The molecule has 0 unspecified atom stereocenters. The third-order valence-corrected chi connectivity index (χ3v) is 5.21. The first kappa shape index (κ1) is 23.2. The summed E-state index contributed by atoms with van der Waals surface area (Å²) in [5.41, 5.74) is 0.897. The molecule has 0 fully saturated rings. The highest BCUT2D eigenvalue weighted by atomic mass is 32.2. The average molecular weight is 462 g/mol. The van der Waals surface area contributed by atoms with Gasteiger partial charge < -0.3 is 5.32 Å². The summed E-state index contributed by atoms with van der Waals surface area (Å²) in [4.78, 5) is 30.4. The highest BCUT2D eigenvalue weighted by Crippen LogP contribution is 2.32. The number of amides is 1. The monoisotopic (exact) mass is 462 g/mol. The minimum Gasteiger partial charge on any atom is -0.325 e. The van der Waals surface area contributed by atoms with Crippen LogP contribution in [0.15, 0.2) is 53.7 Å². The lowest BCUT2D eigenvalue weighted by Crippen LogP contribution is -2.15. The molecule has 166 valence electrons. The maximum Gasteiger partial charge on any atom is 0.433 e. The number of nitrogens with zero attached hydrogens (tertiary/aromatic N) is 3. The molecular weight excluding hydrogens is 445 g/mol. The molecule has 7 nitrogen and oxygen atoms in total. The van der Waals surface area contributed by atoms with Gasteiger partial charge in [0.2, 0.25) is 5.91 Å². The van der Waals surface area contributed by atoms with Crippen LogP contribution in [-0.2, 0) is 11.0 Å². The number of halogens is 3. The van der Waals surface area contributed by atoms with Crippen molar-refractivity contribution in [3.8, 4) is 11.3 Å². The molecule has 0 bridgehead atoms. The number of aryl methyl sites for hydroxylation is 2. The number of anilines is 1. The molecule has 0 saturated heterocycles. The lowest BCUT2D eigenvalue weighted by atomic mass is 10.1. The van der Waals surface area contributed by atoms with Crippen LogP contribution >= 0.6 is 11.8 Å². The molecule has 0 atom stereocenters. The van der Waals surface area contributed by atoms with Gasteiger partial charge in [-0.3, -0.25) is 14.9 Å². The Morgan fingerprint density at radius 3 is 2.41 bits per heavy atom. The Kier molecular flexibility index (Phi) is 6.78. The van der Waals surface area contributed by atoms with Crippen molar-refractivity contribution in [2.75, 3.05) is 11.1 Å². The van der Waals surface area contributed by atoms with Gasteiger partial charge in [-0.05, 0) is 26.0 Å². The summed E-state index contributed by atoms with van der Waals surface area (Å²) in [6.07, 6.45) is -4.68. The predicted octanol–water partition coefficient (Wildman–Crippen LogP) is 5.42. The lowest BCUT2D eigenvalue weighted by Gasteiger charge is -2.11. The van der Waals surface area contributed by atoms with Crippen LogP contribution in [0.1, 0.15) is 16.8 Å². The second-order valence-electron chi connectivity index (χ2n) is 6.88. The van der Waals surface area contributed by atoms with Gasteiger partial charge in [-0.2, -0.15) is 13.2 Å². The number of carbonyl (C=O) groups is 1. The van der Waals surface area contributed by atoms with Crippen LogP contribution < -0.4 is 5.32 Å². The van der Waals surface area contributed by atoms with Gasteiger partial charge in [-0.1, -0.05) is 47.7 Å². The number of hydrogen-bond acceptors (Lipinski definition) is 6. The molecule has 0 saturated carbocycles. The molecule has 0 spiro atoms. The summed E-state index contributed by atoms with van der Waals surface area (Å²) >= 11 is 0.736. The van der Waals surface area contributed by atoms with Gasteiger partial charge >= 0.3 is 6.18 Å². The van der Waals surface area contributed by atoms with Crippen molar-refractivity contribution >= 4 is 29.0 Å². The van der Waals surface area contributed by atoms with Crippen LogP contribution in [0.4, 0.5) is 24.5 Å². The summed E-state index contributed by atoms with van der Waals surface area (Å²) in [5.74, 6) is -0.845. The molecular formula is C21H17F3N4O3S. The van der Waals surface area contributed by atoms with Gasteiger partial charge in [0.25, 0.3) is 5.69 Å². The number of aromatic nitrogens is 2. The Morgan fingerprint density at radius 2 is 1.78 bits per heavy atom. The summed E-state index contributed by atoms with van der Waals surface area (Å²) in [6, 6.07) is 11.9. The van der Waals surface area contributed by atoms with Crippen molar-refractivity contribution in [2.45, 2.75) is 25.2 Å². The SMILES string of the molecule is Cc1ccc(-c2cc(C(F)(F)F)nc(SCC(=O)Nc3ccc(C)c([N+](=O)[O-])c3)n2)cc1. The first-order chi connectivity index (χ1) is 15.0. The fourth-order valence-corrected chi connectivity index (χ4v) is 3.38. The van der Waals surface area contributed by atoms with Crippen molar-refractivity contribution < 1.29 is 22.9 Å². The molecule has 1 amide bonds. The van der Waals surface area contributed by atoms with Gasteiger partial charge in [-0.15, -0.1) is 0 Å². The molecule has 11 heteroatoms. The Labute approximate surface area is 185 Å². The van der Waals surface area contributed by atoms with E-state index in [1.807, 2.05) is 6.92 Å². The number of nitrogens with one attached hydrogen (secondary N) is 1.